The highest BCUT2D eigenvalue weighted by atomic mass is 79.9. The first-order valence-corrected chi connectivity index (χ1v) is 7.28. The van der Waals surface area contributed by atoms with Crippen LogP contribution in [0, 0.1) is 0 Å². The molecule has 0 spiro atoms. The maximum Gasteiger partial charge on any atom is 0.134 e. The first-order chi connectivity index (χ1) is 10.0. The molecule has 0 aromatic heterocycles. The third-order valence-electron chi connectivity index (χ3n) is 3.02. The number of nitrogens with two attached hydrogens (primary N) is 1. The molecule has 2 aromatic carbocycles. The van der Waals surface area contributed by atoms with E-state index in [9.17, 15) is 0 Å². The molecule has 0 saturated heterocycles. The molecule has 0 aliphatic rings. The molecule has 0 radical (unpaired) electrons. The summed E-state index contributed by atoms with van der Waals surface area (Å²) >= 11 is 3.44. The number of methoxy groups -OCH3 is 2. The SMILES string of the molecule is COc1cc(OC)cc(Oc2cc(Br)ccc2C(C)N)c1. The summed E-state index contributed by atoms with van der Waals surface area (Å²) in [6.45, 7) is 1.92. The Balaban J connectivity index is 2.39. The third-order valence-corrected chi connectivity index (χ3v) is 3.51. The van der Waals surface area contributed by atoms with E-state index in [1.54, 1.807) is 32.4 Å². The van der Waals surface area contributed by atoms with Crippen LogP contribution in [-0.2, 0) is 0 Å². The third kappa shape index (κ3) is 3.89. The molecule has 2 N–H and O–H groups in total. The van der Waals surface area contributed by atoms with Crippen molar-refractivity contribution in [3.63, 3.8) is 0 Å². The van der Waals surface area contributed by atoms with E-state index in [4.69, 9.17) is 19.9 Å². The highest BCUT2D eigenvalue weighted by Gasteiger charge is 2.11. The van der Waals surface area contributed by atoms with Gasteiger partial charge in [0.25, 0.3) is 0 Å². The Labute approximate surface area is 132 Å². The van der Waals surface area contributed by atoms with Crippen molar-refractivity contribution in [2.75, 3.05) is 14.2 Å². The fourth-order valence-corrected chi connectivity index (χ4v) is 2.28. The molecule has 1 atom stereocenters. The molecule has 21 heavy (non-hydrogen) atoms. The molecule has 0 aliphatic heterocycles. The Morgan fingerprint density at radius 2 is 1.52 bits per heavy atom. The molecule has 1 unspecified atom stereocenters. The topological polar surface area (TPSA) is 53.7 Å². The average Bonchev–Trinajstić information content (AvgIpc) is 2.46. The molecule has 0 bridgehead atoms. The zero-order valence-corrected chi connectivity index (χ0v) is 13.8. The first kappa shape index (κ1) is 15.7. The number of hydrogen-bond acceptors (Lipinski definition) is 4. The summed E-state index contributed by atoms with van der Waals surface area (Å²) in [6, 6.07) is 11.0. The minimum absolute atomic E-state index is 0.124. The zero-order chi connectivity index (χ0) is 15.4. The van der Waals surface area contributed by atoms with E-state index in [-0.39, 0.29) is 6.04 Å². The predicted octanol–water partition coefficient (Wildman–Crippen LogP) is 4.28. The Morgan fingerprint density at radius 3 is 2.05 bits per heavy atom. The molecular weight excluding hydrogens is 334 g/mol. The van der Waals surface area contributed by atoms with Gasteiger partial charge >= 0.3 is 0 Å². The Morgan fingerprint density at radius 1 is 0.952 bits per heavy atom. The molecule has 5 heteroatoms. The lowest BCUT2D eigenvalue weighted by molar-refractivity contribution is 0.386. The van der Waals surface area contributed by atoms with E-state index in [0.717, 1.165) is 10.0 Å². The summed E-state index contributed by atoms with van der Waals surface area (Å²) < 4.78 is 17.4. The first-order valence-electron chi connectivity index (χ1n) is 6.49. The van der Waals surface area contributed by atoms with Crippen LogP contribution in [0.2, 0.25) is 0 Å². The number of hydrogen-bond donors (Lipinski definition) is 1. The van der Waals surface area contributed by atoms with Crippen LogP contribution in [0.25, 0.3) is 0 Å². The summed E-state index contributed by atoms with van der Waals surface area (Å²) in [6.07, 6.45) is 0. The summed E-state index contributed by atoms with van der Waals surface area (Å²) in [7, 11) is 3.20. The summed E-state index contributed by atoms with van der Waals surface area (Å²) in [5.41, 5.74) is 6.92. The van der Waals surface area contributed by atoms with Crippen molar-refractivity contribution in [3.8, 4) is 23.0 Å². The Bertz CT molecular complexity index is 607. The second-order valence-corrected chi connectivity index (χ2v) is 5.54. The number of rotatable bonds is 5. The fourth-order valence-electron chi connectivity index (χ4n) is 1.94. The van der Waals surface area contributed by atoms with Gasteiger partial charge in [0.15, 0.2) is 0 Å². The van der Waals surface area contributed by atoms with E-state index in [1.165, 1.54) is 0 Å². The van der Waals surface area contributed by atoms with Crippen molar-refractivity contribution in [2.45, 2.75) is 13.0 Å². The van der Waals surface area contributed by atoms with E-state index in [0.29, 0.717) is 23.0 Å². The molecule has 112 valence electrons. The van der Waals surface area contributed by atoms with Crippen LogP contribution in [0.15, 0.2) is 40.9 Å². The summed E-state index contributed by atoms with van der Waals surface area (Å²) in [5.74, 6) is 2.67. The van der Waals surface area contributed by atoms with Crippen molar-refractivity contribution in [2.24, 2.45) is 5.73 Å². The molecule has 0 saturated carbocycles. The molecule has 0 heterocycles. The largest absolute Gasteiger partial charge is 0.496 e. The Kier molecular flexibility index (Phi) is 5.09. The van der Waals surface area contributed by atoms with Gasteiger partial charge in [-0.2, -0.15) is 0 Å². The second-order valence-electron chi connectivity index (χ2n) is 4.62. The van der Waals surface area contributed by atoms with Gasteiger partial charge in [-0.15, -0.1) is 0 Å². The highest BCUT2D eigenvalue weighted by Crippen LogP contribution is 2.35. The van der Waals surface area contributed by atoms with Crippen LogP contribution in [0.5, 0.6) is 23.0 Å². The van der Waals surface area contributed by atoms with E-state index < -0.39 is 0 Å². The van der Waals surface area contributed by atoms with Gasteiger partial charge in [0.2, 0.25) is 0 Å². The number of ether oxygens (including phenoxy) is 3. The normalized spacial score (nSPS) is 11.9. The lowest BCUT2D eigenvalue weighted by Crippen LogP contribution is -2.06. The van der Waals surface area contributed by atoms with Crippen LogP contribution < -0.4 is 19.9 Å². The second kappa shape index (κ2) is 6.83. The predicted molar refractivity (Wildman–Crippen MR) is 86.4 cm³/mol. The summed E-state index contributed by atoms with van der Waals surface area (Å²) in [5, 5.41) is 0. The van der Waals surface area contributed by atoms with Crippen molar-refractivity contribution in [1.29, 1.82) is 0 Å². The van der Waals surface area contributed by atoms with E-state index >= 15 is 0 Å². The van der Waals surface area contributed by atoms with Gasteiger partial charge in [0.05, 0.1) is 14.2 Å². The standard InChI is InChI=1S/C16H18BrNO3/c1-10(18)15-5-4-11(17)6-16(15)21-14-8-12(19-2)7-13(9-14)20-3/h4-10H,18H2,1-3H3. The van der Waals surface area contributed by atoms with Gasteiger partial charge in [0, 0.05) is 34.3 Å². The zero-order valence-electron chi connectivity index (χ0n) is 12.2. The molecule has 0 aliphatic carbocycles. The van der Waals surface area contributed by atoms with E-state index in [1.807, 2.05) is 25.1 Å². The maximum atomic E-state index is 5.99. The molecule has 0 fully saturated rings. The van der Waals surface area contributed by atoms with Crippen LogP contribution in [0.3, 0.4) is 0 Å². The van der Waals surface area contributed by atoms with Gasteiger partial charge in [-0.3, -0.25) is 0 Å². The van der Waals surface area contributed by atoms with Crippen molar-refractivity contribution in [3.05, 3.63) is 46.4 Å². The van der Waals surface area contributed by atoms with Crippen molar-refractivity contribution >= 4 is 15.9 Å². The average molecular weight is 352 g/mol. The molecule has 2 aromatic rings. The number of halogens is 1. The van der Waals surface area contributed by atoms with Crippen LogP contribution in [0.1, 0.15) is 18.5 Å². The molecule has 2 rings (SSSR count). The Hall–Kier alpha value is -1.72. The highest BCUT2D eigenvalue weighted by molar-refractivity contribution is 9.10. The minimum atomic E-state index is -0.124. The van der Waals surface area contributed by atoms with Gasteiger partial charge in [0.1, 0.15) is 23.0 Å². The lowest BCUT2D eigenvalue weighted by Gasteiger charge is -2.15. The van der Waals surface area contributed by atoms with Crippen LogP contribution in [-0.4, -0.2) is 14.2 Å². The maximum absolute atomic E-state index is 5.99. The van der Waals surface area contributed by atoms with Crippen LogP contribution >= 0.6 is 15.9 Å². The van der Waals surface area contributed by atoms with Crippen molar-refractivity contribution in [1.82, 2.24) is 0 Å². The quantitative estimate of drug-likeness (QED) is 0.873. The van der Waals surface area contributed by atoms with Gasteiger partial charge < -0.3 is 19.9 Å². The smallest absolute Gasteiger partial charge is 0.134 e. The monoisotopic (exact) mass is 351 g/mol. The molecular formula is C16H18BrNO3. The van der Waals surface area contributed by atoms with E-state index in [2.05, 4.69) is 15.9 Å². The minimum Gasteiger partial charge on any atom is -0.496 e. The van der Waals surface area contributed by atoms with Crippen LogP contribution in [0.4, 0.5) is 0 Å². The lowest BCUT2D eigenvalue weighted by atomic mass is 10.1. The fraction of sp³-hybridized carbons (Fsp3) is 0.250. The molecule has 4 nitrogen and oxygen atoms in total. The van der Waals surface area contributed by atoms with Gasteiger partial charge in [-0.05, 0) is 19.1 Å². The van der Waals surface area contributed by atoms with Gasteiger partial charge in [-0.1, -0.05) is 22.0 Å². The van der Waals surface area contributed by atoms with Crippen molar-refractivity contribution < 1.29 is 14.2 Å². The summed E-state index contributed by atoms with van der Waals surface area (Å²) in [4.78, 5) is 0. The molecule has 0 amide bonds. The number of benzene rings is 2. The van der Waals surface area contributed by atoms with Gasteiger partial charge in [-0.25, -0.2) is 0 Å².